The van der Waals surface area contributed by atoms with E-state index in [-0.39, 0.29) is 10.8 Å². The van der Waals surface area contributed by atoms with Crippen LogP contribution < -0.4 is 5.32 Å². The molecule has 0 radical (unpaired) electrons. The maximum Gasteiger partial charge on any atom is 0.255 e. The van der Waals surface area contributed by atoms with Crippen LogP contribution in [0, 0.1) is 0 Å². The van der Waals surface area contributed by atoms with E-state index in [0.717, 1.165) is 11.1 Å². The number of nitrogens with zero attached hydrogens (tertiary/aromatic N) is 1. The number of para-hydroxylation sites is 1. The second kappa shape index (κ2) is 9.03. The van der Waals surface area contributed by atoms with Gasteiger partial charge in [-0.3, -0.25) is 4.79 Å². The molecule has 0 saturated carbocycles. The van der Waals surface area contributed by atoms with Crippen molar-refractivity contribution < 1.29 is 13.2 Å². The van der Waals surface area contributed by atoms with Crippen LogP contribution in [-0.4, -0.2) is 31.7 Å². The van der Waals surface area contributed by atoms with Crippen LogP contribution in [0.1, 0.15) is 24.2 Å². The fourth-order valence-electron chi connectivity index (χ4n) is 3.15. The summed E-state index contributed by atoms with van der Waals surface area (Å²) in [6.45, 7) is 4.40. The molecule has 0 aliphatic rings. The minimum absolute atomic E-state index is 0.183. The molecule has 0 heterocycles. The number of nitrogens with one attached hydrogen (secondary N) is 1. The lowest BCUT2D eigenvalue weighted by atomic mass is 10.0. The van der Waals surface area contributed by atoms with E-state index >= 15 is 0 Å². The quantitative estimate of drug-likeness (QED) is 0.619. The second-order valence-corrected chi connectivity index (χ2v) is 8.42. The highest BCUT2D eigenvalue weighted by Gasteiger charge is 2.21. The van der Waals surface area contributed by atoms with Crippen molar-refractivity contribution in [2.24, 2.45) is 0 Å². The lowest BCUT2D eigenvalue weighted by molar-refractivity contribution is 0.102. The Morgan fingerprint density at radius 3 is 2.03 bits per heavy atom. The number of carbonyl (C=O) groups is 1. The molecule has 0 aromatic heterocycles. The Bertz CT molecular complexity index is 1070. The van der Waals surface area contributed by atoms with E-state index < -0.39 is 10.0 Å². The molecule has 29 heavy (non-hydrogen) atoms. The Morgan fingerprint density at radius 2 is 1.41 bits per heavy atom. The maximum absolute atomic E-state index is 12.7. The van der Waals surface area contributed by atoms with Gasteiger partial charge in [-0.05, 0) is 35.9 Å². The van der Waals surface area contributed by atoms with E-state index in [0.29, 0.717) is 24.3 Å². The lowest BCUT2D eigenvalue weighted by Crippen LogP contribution is -2.30. The van der Waals surface area contributed by atoms with E-state index in [1.54, 1.807) is 13.8 Å². The number of sulfonamides is 1. The van der Waals surface area contributed by atoms with Crippen LogP contribution in [-0.2, 0) is 10.0 Å². The molecule has 0 fully saturated rings. The SMILES string of the molecule is CCN(CC)S(=O)(=O)c1ccc(C(=O)Nc2ccccc2-c2ccccc2)cc1. The monoisotopic (exact) mass is 408 g/mol. The fraction of sp³-hybridized carbons (Fsp3) is 0.174. The van der Waals surface area contributed by atoms with Gasteiger partial charge in [0.25, 0.3) is 5.91 Å². The number of anilines is 1. The third-order valence-corrected chi connectivity index (χ3v) is 6.78. The first-order chi connectivity index (χ1) is 14.0. The first kappa shape index (κ1) is 20.8. The van der Waals surface area contributed by atoms with Gasteiger partial charge in [0.05, 0.1) is 4.90 Å². The third-order valence-electron chi connectivity index (χ3n) is 4.72. The van der Waals surface area contributed by atoms with E-state index in [9.17, 15) is 13.2 Å². The molecule has 1 amide bonds. The van der Waals surface area contributed by atoms with Crippen molar-refractivity contribution in [1.82, 2.24) is 4.31 Å². The van der Waals surface area contributed by atoms with Gasteiger partial charge in [-0.15, -0.1) is 0 Å². The number of hydrogen-bond donors (Lipinski definition) is 1. The van der Waals surface area contributed by atoms with Gasteiger partial charge < -0.3 is 5.32 Å². The van der Waals surface area contributed by atoms with Crippen LogP contribution in [0.25, 0.3) is 11.1 Å². The molecule has 0 bridgehead atoms. The zero-order chi connectivity index (χ0) is 20.9. The van der Waals surface area contributed by atoms with Gasteiger partial charge in [-0.2, -0.15) is 4.31 Å². The topological polar surface area (TPSA) is 66.5 Å². The van der Waals surface area contributed by atoms with Crippen molar-refractivity contribution >= 4 is 21.6 Å². The van der Waals surface area contributed by atoms with Crippen molar-refractivity contribution in [2.75, 3.05) is 18.4 Å². The maximum atomic E-state index is 12.7. The van der Waals surface area contributed by atoms with Crippen LogP contribution in [0.3, 0.4) is 0 Å². The molecule has 3 aromatic carbocycles. The van der Waals surface area contributed by atoms with E-state index in [1.165, 1.54) is 28.6 Å². The van der Waals surface area contributed by atoms with Crippen molar-refractivity contribution in [3.05, 3.63) is 84.4 Å². The minimum atomic E-state index is -3.54. The first-order valence-electron chi connectivity index (χ1n) is 9.53. The summed E-state index contributed by atoms with van der Waals surface area (Å²) < 4.78 is 26.6. The van der Waals surface area contributed by atoms with Crippen molar-refractivity contribution in [3.63, 3.8) is 0 Å². The largest absolute Gasteiger partial charge is 0.321 e. The van der Waals surface area contributed by atoms with E-state index in [2.05, 4.69) is 5.32 Å². The number of hydrogen-bond acceptors (Lipinski definition) is 3. The van der Waals surface area contributed by atoms with Crippen LogP contribution in [0.4, 0.5) is 5.69 Å². The molecule has 0 spiro atoms. The predicted molar refractivity (Wildman–Crippen MR) is 116 cm³/mol. The van der Waals surface area contributed by atoms with Gasteiger partial charge in [-0.1, -0.05) is 62.4 Å². The number of carbonyl (C=O) groups excluding carboxylic acids is 1. The van der Waals surface area contributed by atoms with Gasteiger partial charge in [0.1, 0.15) is 0 Å². The van der Waals surface area contributed by atoms with Crippen LogP contribution in [0.15, 0.2) is 83.8 Å². The zero-order valence-electron chi connectivity index (χ0n) is 16.5. The molecule has 3 aromatic rings. The molecule has 3 rings (SSSR count). The predicted octanol–water partition coefficient (Wildman–Crippen LogP) is 4.64. The van der Waals surface area contributed by atoms with Gasteiger partial charge in [0, 0.05) is 29.9 Å². The summed E-state index contributed by atoms with van der Waals surface area (Å²) >= 11 is 0. The number of rotatable bonds is 7. The zero-order valence-corrected chi connectivity index (χ0v) is 17.3. The van der Waals surface area contributed by atoms with Crippen molar-refractivity contribution in [3.8, 4) is 11.1 Å². The molecule has 0 aliphatic heterocycles. The molecule has 150 valence electrons. The summed E-state index contributed by atoms with van der Waals surface area (Å²) in [5.41, 5.74) is 3.01. The molecular formula is C23H24N2O3S. The van der Waals surface area contributed by atoms with Crippen molar-refractivity contribution in [2.45, 2.75) is 18.7 Å². The molecular weight excluding hydrogens is 384 g/mol. The fourth-order valence-corrected chi connectivity index (χ4v) is 4.60. The van der Waals surface area contributed by atoms with Crippen molar-refractivity contribution in [1.29, 1.82) is 0 Å². The molecule has 0 aliphatic carbocycles. The molecule has 0 unspecified atom stereocenters. The summed E-state index contributed by atoms with van der Waals surface area (Å²) in [5.74, 6) is -0.292. The average molecular weight is 409 g/mol. The second-order valence-electron chi connectivity index (χ2n) is 6.48. The summed E-state index contributed by atoms with van der Waals surface area (Å²) in [6.07, 6.45) is 0. The van der Waals surface area contributed by atoms with E-state index in [4.69, 9.17) is 0 Å². The molecule has 0 atom stereocenters. The average Bonchev–Trinajstić information content (AvgIpc) is 2.75. The third kappa shape index (κ3) is 4.55. The Balaban J connectivity index is 1.83. The molecule has 6 heteroatoms. The van der Waals surface area contributed by atoms with Gasteiger partial charge >= 0.3 is 0 Å². The van der Waals surface area contributed by atoms with E-state index in [1.807, 2.05) is 54.6 Å². The Hall–Kier alpha value is -2.96. The van der Waals surface area contributed by atoms with Crippen LogP contribution in [0.2, 0.25) is 0 Å². The van der Waals surface area contributed by atoms with Crippen LogP contribution >= 0.6 is 0 Å². The Labute approximate surface area is 172 Å². The lowest BCUT2D eigenvalue weighted by Gasteiger charge is -2.18. The highest BCUT2D eigenvalue weighted by molar-refractivity contribution is 7.89. The summed E-state index contributed by atoms with van der Waals surface area (Å²) in [4.78, 5) is 12.9. The van der Waals surface area contributed by atoms with Crippen LogP contribution in [0.5, 0.6) is 0 Å². The summed E-state index contributed by atoms with van der Waals surface area (Å²) in [5, 5.41) is 2.93. The summed E-state index contributed by atoms with van der Waals surface area (Å²) in [6, 6.07) is 23.4. The van der Waals surface area contributed by atoms with Gasteiger partial charge in [0.15, 0.2) is 0 Å². The smallest absolute Gasteiger partial charge is 0.255 e. The molecule has 5 nitrogen and oxygen atoms in total. The number of benzene rings is 3. The standard InChI is InChI=1S/C23H24N2O3S/c1-3-25(4-2)29(27,28)20-16-14-19(15-17-20)23(26)24-22-13-9-8-12-21(22)18-10-6-5-7-11-18/h5-17H,3-4H2,1-2H3,(H,24,26). The highest BCUT2D eigenvalue weighted by atomic mass is 32.2. The Kier molecular flexibility index (Phi) is 6.46. The van der Waals surface area contributed by atoms with Gasteiger partial charge in [0.2, 0.25) is 10.0 Å². The highest BCUT2D eigenvalue weighted by Crippen LogP contribution is 2.28. The minimum Gasteiger partial charge on any atom is -0.321 e. The summed E-state index contributed by atoms with van der Waals surface area (Å²) in [7, 11) is -3.54. The first-order valence-corrected chi connectivity index (χ1v) is 11.0. The normalized spacial score (nSPS) is 11.4. The molecule has 1 N–H and O–H groups in total. The molecule has 0 saturated heterocycles. The van der Waals surface area contributed by atoms with Gasteiger partial charge in [-0.25, -0.2) is 8.42 Å². The Morgan fingerprint density at radius 1 is 0.828 bits per heavy atom. The number of amides is 1.